The lowest BCUT2D eigenvalue weighted by Gasteiger charge is -2.23. The highest BCUT2D eigenvalue weighted by molar-refractivity contribution is 6.10. The SMILES string of the molecule is CCC1=[N+](C)c2cccc3cccc(c23)N1C.[I-]. The zero-order valence-corrected chi connectivity index (χ0v) is 13.1. The maximum absolute atomic E-state index is 2.30. The summed E-state index contributed by atoms with van der Waals surface area (Å²) in [6.07, 6.45) is 1.04. The summed E-state index contributed by atoms with van der Waals surface area (Å²) in [6.45, 7) is 2.20. The van der Waals surface area contributed by atoms with Gasteiger partial charge in [0.1, 0.15) is 11.4 Å². The van der Waals surface area contributed by atoms with Crippen molar-refractivity contribution in [3.63, 3.8) is 0 Å². The normalized spacial score (nSPS) is 13.8. The van der Waals surface area contributed by atoms with Gasteiger partial charge in [0.15, 0.2) is 0 Å². The van der Waals surface area contributed by atoms with Gasteiger partial charge in [0.05, 0.1) is 19.5 Å². The van der Waals surface area contributed by atoms with Crippen molar-refractivity contribution >= 4 is 28.0 Å². The molecule has 3 rings (SSSR count). The van der Waals surface area contributed by atoms with Gasteiger partial charge in [0, 0.05) is 6.42 Å². The Morgan fingerprint density at radius 2 is 1.78 bits per heavy atom. The first kappa shape index (κ1) is 13.3. The van der Waals surface area contributed by atoms with Crippen LogP contribution in [0.1, 0.15) is 13.3 Å². The third-order valence-electron chi connectivity index (χ3n) is 3.67. The van der Waals surface area contributed by atoms with E-state index in [1.807, 2.05) is 0 Å². The topological polar surface area (TPSA) is 6.25 Å². The number of benzene rings is 2. The average molecular weight is 352 g/mol. The molecule has 18 heavy (non-hydrogen) atoms. The summed E-state index contributed by atoms with van der Waals surface area (Å²) in [7, 11) is 4.31. The maximum Gasteiger partial charge on any atom is 0.256 e. The van der Waals surface area contributed by atoms with Gasteiger partial charge in [0.2, 0.25) is 0 Å². The van der Waals surface area contributed by atoms with Gasteiger partial charge in [-0.2, -0.15) is 0 Å². The van der Waals surface area contributed by atoms with Gasteiger partial charge in [-0.05, 0) is 17.5 Å². The Hall–Kier alpha value is -1.10. The van der Waals surface area contributed by atoms with Gasteiger partial charge in [-0.1, -0.05) is 31.2 Å². The van der Waals surface area contributed by atoms with Crippen LogP contribution >= 0.6 is 0 Å². The smallest absolute Gasteiger partial charge is 0.256 e. The molecule has 3 heteroatoms. The standard InChI is InChI=1S/C15H17N2.HI/c1-4-14-16(2)12-9-5-7-11-8-6-10-13(15(11)12)17(14)3;/h5-10H,4H2,1-3H3;1H/q+1;/p-1. The molecule has 1 aliphatic rings. The van der Waals surface area contributed by atoms with Gasteiger partial charge < -0.3 is 24.0 Å². The molecule has 0 bridgehead atoms. The van der Waals surface area contributed by atoms with Crippen LogP contribution in [0.2, 0.25) is 0 Å². The molecule has 2 aromatic rings. The van der Waals surface area contributed by atoms with Crippen LogP contribution in [0.5, 0.6) is 0 Å². The zero-order chi connectivity index (χ0) is 12.0. The second-order valence-corrected chi connectivity index (χ2v) is 4.54. The molecule has 0 atom stereocenters. The van der Waals surface area contributed by atoms with E-state index < -0.39 is 0 Å². The molecule has 0 unspecified atom stereocenters. The van der Waals surface area contributed by atoms with Crippen molar-refractivity contribution < 1.29 is 28.6 Å². The highest BCUT2D eigenvalue weighted by Crippen LogP contribution is 2.37. The Labute approximate surface area is 125 Å². The van der Waals surface area contributed by atoms with E-state index in [1.54, 1.807) is 0 Å². The second-order valence-electron chi connectivity index (χ2n) is 4.54. The van der Waals surface area contributed by atoms with E-state index >= 15 is 0 Å². The second kappa shape index (κ2) is 4.88. The Morgan fingerprint density at radius 3 is 2.44 bits per heavy atom. The summed E-state index contributed by atoms with van der Waals surface area (Å²) in [6, 6.07) is 13.0. The molecule has 0 saturated carbocycles. The van der Waals surface area contributed by atoms with Gasteiger partial charge in [0.25, 0.3) is 5.84 Å². The highest BCUT2D eigenvalue weighted by atomic mass is 127. The molecule has 0 aliphatic carbocycles. The van der Waals surface area contributed by atoms with Gasteiger partial charge >= 0.3 is 0 Å². The summed E-state index contributed by atoms with van der Waals surface area (Å²) in [5.41, 5.74) is 2.63. The lowest BCUT2D eigenvalue weighted by molar-refractivity contribution is -0.406. The molecule has 0 saturated heterocycles. The lowest BCUT2D eigenvalue weighted by Crippen LogP contribution is -3.00. The molecule has 0 spiro atoms. The summed E-state index contributed by atoms with van der Waals surface area (Å²) >= 11 is 0. The first-order valence-corrected chi connectivity index (χ1v) is 6.09. The monoisotopic (exact) mass is 352 g/mol. The van der Waals surface area contributed by atoms with Gasteiger partial charge in [-0.3, -0.25) is 0 Å². The van der Waals surface area contributed by atoms with Crippen LogP contribution in [0.3, 0.4) is 0 Å². The maximum atomic E-state index is 2.30. The Kier molecular flexibility index (Phi) is 3.61. The van der Waals surface area contributed by atoms with E-state index in [4.69, 9.17) is 0 Å². The van der Waals surface area contributed by atoms with E-state index in [1.165, 1.54) is 28.0 Å². The van der Waals surface area contributed by atoms with E-state index in [0.717, 1.165) is 6.42 Å². The van der Waals surface area contributed by atoms with Crippen molar-refractivity contribution in [3.8, 4) is 0 Å². The summed E-state index contributed by atoms with van der Waals surface area (Å²) in [5, 5.41) is 2.67. The van der Waals surface area contributed by atoms with Crippen molar-refractivity contribution in [2.45, 2.75) is 13.3 Å². The quantitative estimate of drug-likeness (QED) is 0.531. The van der Waals surface area contributed by atoms with Crippen molar-refractivity contribution in [3.05, 3.63) is 36.4 Å². The van der Waals surface area contributed by atoms with E-state index in [2.05, 4.69) is 66.9 Å². The van der Waals surface area contributed by atoms with Crippen molar-refractivity contribution in [2.75, 3.05) is 19.0 Å². The first-order valence-electron chi connectivity index (χ1n) is 6.09. The molecule has 1 heterocycles. The van der Waals surface area contributed by atoms with Crippen molar-refractivity contribution in [2.24, 2.45) is 0 Å². The third-order valence-corrected chi connectivity index (χ3v) is 3.67. The van der Waals surface area contributed by atoms with Gasteiger partial charge in [-0.15, -0.1) is 0 Å². The van der Waals surface area contributed by atoms with Crippen LogP contribution < -0.4 is 28.9 Å². The molecular formula is C15H17IN2. The lowest BCUT2D eigenvalue weighted by atomic mass is 10.0. The van der Waals surface area contributed by atoms with E-state index in [0.29, 0.717) is 0 Å². The fourth-order valence-electron chi connectivity index (χ4n) is 2.84. The molecule has 0 amide bonds. The predicted octanol–water partition coefficient (Wildman–Crippen LogP) is 0.376. The summed E-state index contributed by atoms with van der Waals surface area (Å²) < 4.78 is 2.30. The number of hydrogen-bond donors (Lipinski definition) is 0. The van der Waals surface area contributed by atoms with Crippen molar-refractivity contribution in [1.82, 2.24) is 0 Å². The highest BCUT2D eigenvalue weighted by Gasteiger charge is 2.28. The van der Waals surface area contributed by atoms with Crippen LogP contribution in [-0.2, 0) is 0 Å². The first-order chi connectivity index (χ1) is 8.24. The minimum Gasteiger partial charge on any atom is -1.00 e. The number of hydrogen-bond acceptors (Lipinski definition) is 1. The number of halogens is 1. The number of nitrogens with zero attached hydrogens (tertiary/aromatic N) is 2. The largest absolute Gasteiger partial charge is 1.00 e. The van der Waals surface area contributed by atoms with Crippen LogP contribution in [0.25, 0.3) is 10.8 Å². The third kappa shape index (κ3) is 1.72. The minimum absolute atomic E-state index is 0. The summed E-state index contributed by atoms with van der Waals surface area (Å²) in [4.78, 5) is 2.30. The minimum atomic E-state index is 0. The Balaban J connectivity index is 0.00000120. The van der Waals surface area contributed by atoms with E-state index in [-0.39, 0.29) is 24.0 Å². The molecule has 0 aromatic heterocycles. The fourth-order valence-corrected chi connectivity index (χ4v) is 2.84. The number of amidine groups is 1. The molecule has 2 nitrogen and oxygen atoms in total. The molecule has 0 N–H and O–H groups in total. The van der Waals surface area contributed by atoms with Crippen LogP contribution in [0.4, 0.5) is 11.4 Å². The van der Waals surface area contributed by atoms with Crippen LogP contribution in [-0.4, -0.2) is 24.5 Å². The average Bonchev–Trinajstić information content (AvgIpc) is 2.36. The number of rotatable bonds is 1. The van der Waals surface area contributed by atoms with Crippen LogP contribution in [0, 0.1) is 0 Å². The fraction of sp³-hybridized carbons (Fsp3) is 0.267. The summed E-state index contributed by atoms with van der Waals surface area (Å²) in [5.74, 6) is 1.34. The molecular weight excluding hydrogens is 335 g/mol. The molecule has 0 fully saturated rings. The van der Waals surface area contributed by atoms with Crippen molar-refractivity contribution in [1.29, 1.82) is 0 Å². The zero-order valence-electron chi connectivity index (χ0n) is 10.9. The molecule has 1 aliphatic heterocycles. The van der Waals surface area contributed by atoms with E-state index in [9.17, 15) is 0 Å². The molecule has 0 radical (unpaired) electrons. The molecule has 94 valence electrons. The Morgan fingerprint density at radius 1 is 1.11 bits per heavy atom. The van der Waals surface area contributed by atoms with Gasteiger partial charge in [-0.25, -0.2) is 9.48 Å². The predicted molar refractivity (Wildman–Crippen MR) is 73.5 cm³/mol. The number of anilines is 1. The molecule has 2 aromatic carbocycles. The Bertz CT molecular complexity index is 626. The van der Waals surface area contributed by atoms with Crippen LogP contribution in [0.15, 0.2) is 36.4 Å².